The molecule has 0 fully saturated rings. The Bertz CT molecular complexity index is 533. The van der Waals surface area contributed by atoms with Crippen LogP contribution in [0.25, 0.3) is 0 Å². The van der Waals surface area contributed by atoms with Crippen molar-refractivity contribution in [1.29, 1.82) is 0 Å². The van der Waals surface area contributed by atoms with E-state index < -0.39 is 0 Å². The minimum atomic E-state index is -0.141. The van der Waals surface area contributed by atoms with Gasteiger partial charge in [-0.3, -0.25) is 14.2 Å². The zero-order valence-corrected chi connectivity index (χ0v) is 11.6. The quantitative estimate of drug-likeness (QED) is 0.844. The van der Waals surface area contributed by atoms with Gasteiger partial charge in [0.25, 0.3) is 5.91 Å². The fourth-order valence-electron chi connectivity index (χ4n) is 1.53. The molecule has 0 aliphatic heterocycles. The van der Waals surface area contributed by atoms with Crippen LogP contribution >= 0.6 is 15.9 Å². The molecule has 2 aromatic rings. The normalized spacial score (nSPS) is 10.6. The zero-order chi connectivity index (χ0) is 13.0. The largest absolute Gasteiger partial charge is 0.351 e. The van der Waals surface area contributed by atoms with E-state index in [1.807, 2.05) is 10.9 Å². The maximum absolute atomic E-state index is 11.7. The van der Waals surface area contributed by atoms with Crippen LogP contribution < -0.4 is 5.32 Å². The first kappa shape index (κ1) is 12.8. The molecule has 2 aromatic heterocycles. The summed E-state index contributed by atoms with van der Waals surface area (Å²) in [5, 5.41) is 11.0. The van der Waals surface area contributed by atoms with E-state index in [4.69, 9.17) is 0 Å². The topological polar surface area (TPSA) is 64.7 Å². The predicted octanol–water partition coefficient (Wildman–Crippen LogP) is 1.20. The zero-order valence-electron chi connectivity index (χ0n) is 10.0. The van der Waals surface area contributed by atoms with E-state index in [0.29, 0.717) is 12.2 Å². The lowest BCUT2D eigenvalue weighted by Gasteiger charge is -2.03. The van der Waals surface area contributed by atoms with Gasteiger partial charge in [-0.1, -0.05) is 0 Å². The number of nitrogens with zero attached hydrogens (tertiary/aromatic N) is 4. The second-order valence-corrected chi connectivity index (χ2v) is 4.82. The van der Waals surface area contributed by atoms with Gasteiger partial charge in [-0.05, 0) is 28.4 Å². The number of rotatable bonds is 5. The van der Waals surface area contributed by atoms with Crippen LogP contribution in [0.15, 0.2) is 29.1 Å². The summed E-state index contributed by atoms with van der Waals surface area (Å²) in [4.78, 5) is 11.7. The summed E-state index contributed by atoms with van der Waals surface area (Å²) < 4.78 is 4.40. The molecule has 2 rings (SSSR count). The molecule has 0 spiro atoms. The summed E-state index contributed by atoms with van der Waals surface area (Å²) in [6, 6.07) is 1.69. The van der Waals surface area contributed by atoms with Crippen molar-refractivity contribution < 1.29 is 4.79 Å². The van der Waals surface area contributed by atoms with Crippen LogP contribution in [-0.2, 0) is 13.6 Å². The highest BCUT2D eigenvalue weighted by Gasteiger charge is 2.07. The monoisotopic (exact) mass is 311 g/mol. The Morgan fingerprint density at radius 1 is 1.56 bits per heavy atom. The Morgan fingerprint density at radius 2 is 2.39 bits per heavy atom. The first-order valence-corrected chi connectivity index (χ1v) is 6.40. The van der Waals surface area contributed by atoms with Gasteiger partial charge in [-0.15, -0.1) is 0 Å². The summed E-state index contributed by atoms with van der Waals surface area (Å²) in [6.45, 7) is 1.38. The fraction of sp³-hybridized carbons (Fsp3) is 0.364. The van der Waals surface area contributed by atoms with Crippen LogP contribution in [-0.4, -0.2) is 32.0 Å². The Balaban J connectivity index is 1.71. The molecule has 0 unspecified atom stereocenters. The van der Waals surface area contributed by atoms with Crippen LogP contribution in [0.2, 0.25) is 0 Å². The summed E-state index contributed by atoms with van der Waals surface area (Å²) in [5.41, 5.74) is 0.444. The standard InChI is InChI=1S/C11H14BrN5O/c1-16-6-3-10(15-16)11(18)13-4-2-5-17-8-9(12)7-14-17/h3,6-8H,2,4-5H2,1H3,(H,13,18). The number of amides is 1. The van der Waals surface area contributed by atoms with Gasteiger partial charge in [0.2, 0.25) is 0 Å². The highest BCUT2D eigenvalue weighted by atomic mass is 79.9. The molecule has 96 valence electrons. The van der Waals surface area contributed by atoms with Crippen LogP contribution in [0.1, 0.15) is 16.9 Å². The number of nitrogens with one attached hydrogen (secondary N) is 1. The Kier molecular flexibility index (Phi) is 4.14. The second-order valence-electron chi connectivity index (χ2n) is 3.91. The van der Waals surface area contributed by atoms with Crippen molar-refractivity contribution in [2.24, 2.45) is 7.05 Å². The summed E-state index contributed by atoms with van der Waals surface area (Å²) in [5.74, 6) is -0.141. The molecule has 2 heterocycles. The van der Waals surface area contributed by atoms with Crippen molar-refractivity contribution in [2.45, 2.75) is 13.0 Å². The molecule has 0 radical (unpaired) electrons. The molecule has 6 nitrogen and oxygen atoms in total. The third-order valence-corrected chi connectivity index (χ3v) is 2.81. The van der Waals surface area contributed by atoms with Crippen LogP contribution in [0.3, 0.4) is 0 Å². The van der Waals surface area contributed by atoms with Gasteiger partial charge in [0.15, 0.2) is 0 Å². The number of aromatic nitrogens is 4. The molecule has 0 aliphatic rings. The molecule has 1 amide bonds. The number of carbonyl (C=O) groups excluding carboxylic acids is 1. The first-order chi connectivity index (χ1) is 8.65. The van der Waals surface area contributed by atoms with E-state index in [9.17, 15) is 4.79 Å². The minimum absolute atomic E-state index is 0.141. The van der Waals surface area contributed by atoms with Crippen molar-refractivity contribution in [3.05, 3.63) is 34.8 Å². The van der Waals surface area contributed by atoms with Crippen LogP contribution in [0.4, 0.5) is 0 Å². The van der Waals surface area contributed by atoms with Gasteiger partial charge in [0.05, 0.1) is 10.7 Å². The average molecular weight is 312 g/mol. The number of carbonyl (C=O) groups is 1. The lowest BCUT2D eigenvalue weighted by molar-refractivity contribution is 0.0947. The van der Waals surface area contributed by atoms with E-state index in [1.54, 1.807) is 30.2 Å². The molecule has 7 heteroatoms. The van der Waals surface area contributed by atoms with Gasteiger partial charge in [0.1, 0.15) is 5.69 Å². The molecular formula is C11H14BrN5O. The smallest absolute Gasteiger partial charge is 0.271 e. The van der Waals surface area contributed by atoms with Crippen LogP contribution in [0.5, 0.6) is 0 Å². The summed E-state index contributed by atoms with van der Waals surface area (Å²) in [7, 11) is 1.78. The highest BCUT2D eigenvalue weighted by molar-refractivity contribution is 9.10. The molecule has 0 bridgehead atoms. The molecule has 0 saturated carbocycles. The molecule has 0 atom stereocenters. The van der Waals surface area contributed by atoms with Gasteiger partial charge in [-0.25, -0.2) is 0 Å². The van der Waals surface area contributed by atoms with Crippen LogP contribution in [0, 0.1) is 0 Å². The Labute approximate surface area is 113 Å². The fourth-order valence-corrected chi connectivity index (χ4v) is 1.86. The second kappa shape index (κ2) is 5.81. The van der Waals surface area contributed by atoms with E-state index in [2.05, 4.69) is 31.4 Å². The maximum atomic E-state index is 11.7. The van der Waals surface area contributed by atoms with Crippen molar-refractivity contribution >= 4 is 21.8 Å². The van der Waals surface area contributed by atoms with Crippen molar-refractivity contribution in [3.8, 4) is 0 Å². The number of halogens is 1. The lowest BCUT2D eigenvalue weighted by atomic mass is 10.3. The summed E-state index contributed by atoms with van der Waals surface area (Å²) in [6.07, 6.45) is 6.22. The van der Waals surface area contributed by atoms with Gasteiger partial charge in [0, 0.05) is 32.5 Å². The van der Waals surface area contributed by atoms with Gasteiger partial charge in [-0.2, -0.15) is 10.2 Å². The van der Waals surface area contributed by atoms with E-state index in [1.165, 1.54) is 0 Å². The Hall–Kier alpha value is -1.63. The summed E-state index contributed by atoms with van der Waals surface area (Å²) >= 11 is 3.33. The van der Waals surface area contributed by atoms with Gasteiger partial charge < -0.3 is 5.32 Å². The molecule has 0 aromatic carbocycles. The third-order valence-electron chi connectivity index (χ3n) is 2.40. The molecule has 0 aliphatic carbocycles. The SMILES string of the molecule is Cn1ccc(C(=O)NCCCn2cc(Br)cn2)n1. The minimum Gasteiger partial charge on any atom is -0.351 e. The number of aryl methyl sites for hydroxylation is 2. The van der Waals surface area contributed by atoms with Crippen molar-refractivity contribution in [3.63, 3.8) is 0 Å². The van der Waals surface area contributed by atoms with E-state index in [0.717, 1.165) is 17.4 Å². The highest BCUT2D eigenvalue weighted by Crippen LogP contribution is 2.06. The third kappa shape index (κ3) is 3.43. The van der Waals surface area contributed by atoms with Crippen molar-refractivity contribution in [2.75, 3.05) is 6.54 Å². The average Bonchev–Trinajstić information content (AvgIpc) is 2.93. The molecule has 1 N–H and O–H groups in total. The van der Waals surface area contributed by atoms with Crippen molar-refractivity contribution in [1.82, 2.24) is 24.9 Å². The van der Waals surface area contributed by atoms with E-state index >= 15 is 0 Å². The maximum Gasteiger partial charge on any atom is 0.271 e. The lowest BCUT2D eigenvalue weighted by Crippen LogP contribution is -2.25. The first-order valence-electron chi connectivity index (χ1n) is 5.61. The predicted molar refractivity (Wildman–Crippen MR) is 70.1 cm³/mol. The van der Waals surface area contributed by atoms with E-state index in [-0.39, 0.29) is 5.91 Å². The molecular weight excluding hydrogens is 298 g/mol. The number of hydrogen-bond donors (Lipinski definition) is 1. The number of hydrogen-bond acceptors (Lipinski definition) is 3. The Morgan fingerprint density at radius 3 is 3.00 bits per heavy atom. The van der Waals surface area contributed by atoms with Gasteiger partial charge >= 0.3 is 0 Å². The molecule has 0 saturated heterocycles. The molecule has 18 heavy (non-hydrogen) atoms.